The third-order valence-corrected chi connectivity index (χ3v) is 4.00. The average molecular weight is 312 g/mol. The van der Waals surface area contributed by atoms with Crippen LogP contribution in [0.3, 0.4) is 0 Å². The molecule has 3 N–H and O–H groups in total. The molecule has 1 amide bonds. The number of rotatable bonds is 6. The third kappa shape index (κ3) is 5.35. The number of amides is 1. The van der Waals surface area contributed by atoms with Crippen LogP contribution in [0.15, 0.2) is 24.3 Å². The lowest BCUT2D eigenvalue weighted by Crippen LogP contribution is -2.30. The summed E-state index contributed by atoms with van der Waals surface area (Å²) in [7, 11) is -3.98. The van der Waals surface area contributed by atoms with Crippen molar-refractivity contribution in [3.63, 3.8) is 0 Å². The summed E-state index contributed by atoms with van der Waals surface area (Å²) < 4.78 is 26.1. The van der Waals surface area contributed by atoms with Gasteiger partial charge in [0.2, 0.25) is 5.91 Å². The van der Waals surface area contributed by atoms with Crippen molar-refractivity contribution >= 4 is 16.2 Å². The van der Waals surface area contributed by atoms with Gasteiger partial charge in [-0.25, -0.2) is 0 Å². The van der Waals surface area contributed by atoms with E-state index in [1.54, 1.807) is 24.3 Å². The van der Waals surface area contributed by atoms with Gasteiger partial charge >= 0.3 is 10.3 Å². The topological polar surface area (TPSA) is 98.5 Å². The Morgan fingerprint density at radius 2 is 1.86 bits per heavy atom. The van der Waals surface area contributed by atoms with Crippen molar-refractivity contribution in [1.29, 1.82) is 0 Å². The van der Waals surface area contributed by atoms with Crippen LogP contribution in [-0.2, 0) is 21.5 Å². The quantitative estimate of drug-likeness (QED) is 0.822. The van der Waals surface area contributed by atoms with Crippen molar-refractivity contribution in [2.45, 2.75) is 32.1 Å². The zero-order valence-corrected chi connectivity index (χ0v) is 12.6. The lowest BCUT2D eigenvalue weighted by molar-refractivity contribution is -0.124. The molecule has 1 aromatic carbocycles. The molecule has 0 bridgehead atoms. The normalized spacial score (nSPS) is 15.9. The molecule has 1 aliphatic carbocycles. The number of hydrogen-bond acceptors (Lipinski definition) is 4. The predicted molar refractivity (Wildman–Crippen MR) is 78.8 cm³/mol. The second kappa shape index (κ2) is 6.91. The first kappa shape index (κ1) is 15.8. The monoisotopic (exact) mass is 312 g/mol. The average Bonchev–Trinajstić information content (AvgIpc) is 2.93. The zero-order chi connectivity index (χ0) is 15.3. The number of carbonyl (C=O) groups excluding carboxylic acids is 1. The van der Waals surface area contributed by atoms with Crippen LogP contribution in [-0.4, -0.2) is 20.9 Å². The third-order valence-electron chi connectivity index (χ3n) is 3.57. The van der Waals surface area contributed by atoms with E-state index in [4.69, 9.17) is 5.14 Å². The standard InChI is InChI=1S/C14H20N2O4S/c15-21(18,19)20-13-7-5-11(6-8-13)9-10-16-14(17)12-3-1-2-4-12/h5-8,12H,1-4,9-10H2,(H,16,17)(H2,15,18,19). The van der Waals surface area contributed by atoms with Gasteiger partial charge in [-0.1, -0.05) is 25.0 Å². The highest BCUT2D eigenvalue weighted by Gasteiger charge is 2.21. The van der Waals surface area contributed by atoms with Crippen molar-refractivity contribution in [2.75, 3.05) is 6.54 Å². The summed E-state index contributed by atoms with van der Waals surface area (Å²) in [5.74, 6) is 0.494. The van der Waals surface area contributed by atoms with Crippen molar-refractivity contribution in [3.05, 3.63) is 29.8 Å². The number of nitrogens with one attached hydrogen (secondary N) is 1. The van der Waals surface area contributed by atoms with Gasteiger partial charge in [-0.05, 0) is 37.0 Å². The molecule has 21 heavy (non-hydrogen) atoms. The fourth-order valence-corrected chi connectivity index (χ4v) is 2.89. The van der Waals surface area contributed by atoms with Crippen LogP contribution in [0.4, 0.5) is 0 Å². The minimum atomic E-state index is -3.98. The maximum Gasteiger partial charge on any atom is 0.380 e. The fraction of sp³-hybridized carbons (Fsp3) is 0.500. The van der Waals surface area contributed by atoms with Gasteiger partial charge < -0.3 is 9.50 Å². The van der Waals surface area contributed by atoms with Crippen LogP contribution < -0.4 is 14.6 Å². The van der Waals surface area contributed by atoms with Crippen molar-refractivity contribution in [2.24, 2.45) is 11.1 Å². The van der Waals surface area contributed by atoms with Gasteiger partial charge in [0.1, 0.15) is 5.75 Å². The van der Waals surface area contributed by atoms with Crippen LogP contribution in [0.25, 0.3) is 0 Å². The van der Waals surface area contributed by atoms with Gasteiger partial charge in [0.25, 0.3) is 0 Å². The zero-order valence-electron chi connectivity index (χ0n) is 11.7. The number of benzene rings is 1. The summed E-state index contributed by atoms with van der Waals surface area (Å²) in [6, 6.07) is 6.58. The molecule has 116 valence electrons. The molecule has 0 radical (unpaired) electrons. The first-order valence-corrected chi connectivity index (χ1v) is 8.50. The molecule has 6 nitrogen and oxygen atoms in total. The van der Waals surface area contributed by atoms with Gasteiger partial charge in [-0.15, -0.1) is 0 Å². The van der Waals surface area contributed by atoms with E-state index >= 15 is 0 Å². The summed E-state index contributed by atoms with van der Waals surface area (Å²) in [6.45, 7) is 0.574. The van der Waals surface area contributed by atoms with Crippen molar-refractivity contribution < 1.29 is 17.4 Å². The van der Waals surface area contributed by atoms with E-state index in [-0.39, 0.29) is 17.6 Å². The molecule has 1 fully saturated rings. The molecule has 1 aromatic rings. The first-order valence-electron chi connectivity index (χ1n) is 7.03. The van der Waals surface area contributed by atoms with Crippen LogP contribution in [0.2, 0.25) is 0 Å². The molecule has 2 rings (SSSR count). The molecular weight excluding hydrogens is 292 g/mol. The Hall–Kier alpha value is -1.60. The van der Waals surface area contributed by atoms with Gasteiger partial charge in [-0.3, -0.25) is 4.79 Å². The molecule has 7 heteroatoms. The summed E-state index contributed by atoms with van der Waals surface area (Å²) in [5, 5.41) is 7.72. The van der Waals surface area contributed by atoms with Crippen molar-refractivity contribution in [3.8, 4) is 5.75 Å². The van der Waals surface area contributed by atoms with Gasteiger partial charge in [-0.2, -0.15) is 13.6 Å². The molecule has 1 saturated carbocycles. The first-order chi connectivity index (χ1) is 9.94. The van der Waals surface area contributed by atoms with E-state index < -0.39 is 10.3 Å². The van der Waals surface area contributed by atoms with Crippen molar-refractivity contribution in [1.82, 2.24) is 5.32 Å². The minimum absolute atomic E-state index is 0.140. The predicted octanol–water partition coefficient (Wildman–Crippen LogP) is 1.12. The van der Waals surface area contributed by atoms with E-state index in [9.17, 15) is 13.2 Å². The highest BCUT2D eigenvalue weighted by molar-refractivity contribution is 7.84. The van der Waals surface area contributed by atoms with E-state index in [0.29, 0.717) is 13.0 Å². The number of hydrogen-bond donors (Lipinski definition) is 2. The Bertz CT molecular complexity index is 577. The molecule has 0 atom stereocenters. The molecule has 0 saturated heterocycles. The van der Waals surface area contributed by atoms with Crippen LogP contribution in [0, 0.1) is 5.92 Å². The van der Waals surface area contributed by atoms with E-state index in [0.717, 1.165) is 31.2 Å². The Morgan fingerprint density at radius 1 is 1.24 bits per heavy atom. The summed E-state index contributed by atoms with van der Waals surface area (Å²) >= 11 is 0. The Labute approximate surface area is 124 Å². The van der Waals surface area contributed by atoms with Crippen LogP contribution >= 0.6 is 0 Å². The van der Waals surface area contributed by atoms with Gasteiger partial charge in [0.15, 0.2) is 0 Å². The minimum Gasteiger partial charge on any atom is -0.371 e. The summed E-state index contributed by atoms with van der Waals surface area (Å²) in [6.07, 6.45) is 4.96. The second-order valence-electron chi connectivity index (χ2n) is 5.24. The Kier molecular flexibility index (Phi) is 5.19. The molecule has 0 spiro atoms. The SMILES string of the molecule is NS(=O)(=O)Oc1ccc(CCNC(=O)C2CCCC2)cc1. The van der Waals surface area contributed by atoms with Gasteiger partial charge in [0.05, 0.1) is 0 Å². The van der Waals surface area contributed by atoms with E-state index in [1.807, 2.05) is 0 Å². The Balaban J connectivity index is 1.77. The van der Waals surface area contributed by atoms with E-state index in [2.05, 4.69) is 9.50 Å². The number of carbonyl (C=O) groups is 1. The van der Waals surface area contributed by atoms with Gasteiger partial charge in [0, 0.05) is 12.5 Å². The highest BCUT2D eigenvalue weighted by Crippen LogP contribution is 2.24. The van der Waals surface area contributed by atoms with Crippen LogP contribution in [0.1, 0.15) is 31.2 Å². The maximum atomic E-state index is 11.8. The molecule has 0 aromatic heterocycles. The van der Waals surface area contributed by atoms with E-state index in [1.165, 1.54) is 0 Å². The molecule has 0 heterocycles. The number of nitrogens with two attached hydrogens (primary N) is 1. The van der Waals surface area contributed by atoms with Crippen LogP contribution in [0.5, 0.6) is 5.75 Å². The Morgan fingerprint density at radius 3 is 2.43 bits per heavy atom. The molecule has 0 unspecified atom stereocenters. The highest BCUT2D eigenvalue weighted by atomic mass is 32.2. The smallest absolute Gasteiger partial charge is 0.371 e. The lowest BCUT2D eigenvalue weighted by Gasteiger charge is -2.10. The maximum absolute atomic E-state index is 11.8. The second-order valence-corrected chi connectivity index (χ2v) is 6.39. The summed E-state index contributed by atoms with van der Waals surface area (Å²) in [4.78, 5) is 11.8. The lowest BCUT2D eigenvalue weighted by atomic mass is 10.1. The molecule has 1 aliphatic rings. The summed E-state index contributed by atoms with van der Waals surface area (Å²) in [5.41, 5.74) is 0.989. The largest absolute Gasteiger partial charge is 0.380 e. The molecular formula is C14H20N2O4S. The fourth-order valence-electron chi connectivity index (χ4n) is 2.51. The molecule has 0 aliphatic heterocycles.